The normalized spacial score (nSPS) is 10.2. The highest BCUT2D eigenvalue weighted by Gasteiger charge is 2.08. The molecule has 0 aliphatic heterocycles. The Morgan fingerprint density at radius 3 is 3.00 bits per heavy atom. The van der Waals surface area contributed by atoms with Crippen molar-refractivity contribution in [3.63, 3.8) is 0 Å². The van der Waals surface area contributed by atoms with Crippen LogP contribution in [0.5, 0.6) is 0 Å². The minimum atomic E-state index is 0.385. The summed E-state index contributed by atoms with van der Waals surface area (Å²) in [7, 11) is 0. The Hall–Kier alpha value is -2.02. The fourth-order valence-electron chi connectivity index (χ4n) is 1.30. The van der Waals surface area contributed by atoms with Crippen LogP contribution in [0.25, 0.3) is 11.0 Å². The van der Waals surface area contributed by atoms with Gasteiger partial charge in [-0.25, -0.2) is 0 Å². The van der Waals surface area contributed by atoms with E-state index in [0.717, 1.165) is 11.2 Å². The van der Waals surface area contributed by atoms with E-state index in [-0.39, 0.29) is 0 Å². The van der Waals surface area contributed by atoms with Crippen LogP contribution in [0.3, 0.4) is 0 Å². The first kappa shape index (κ1) is 7.62. The van der Waals surface area contributed by atoms with E-state index in [0.29, 0.717) is 16.9 Å². The lowest BCUT2D eigenvalue weighted by Crippen LogP contribution is -1.86. The van der Waals surface area contributed by atoms with Crippen LogP contribution in [0.2, 0.25) is 0 Å². The maximum absolute atomic E-state index is 8.81. The second kappa shape index (κ2) is 2.49. The fraction of sp³-hybridized carbons (Fsp3) is 0.111. The predicted molar refractivity (Wildman–Crippen MR) is 50.0 cm³/mol. The third-order valence-electron chi connectivity index (χ3n) is 1.92. The van der Waals surface area contributed by atoms with E-state index in [1.165, 1.54) is 0 Å². The van der Waals surface area contributed by atoms with Crippen LogP contribution >= 0.6 is 0 Å². The van der Waals surface area contributed by atoms with Gasteiger partial charge < -0.3 is 10.7 Å². The molecule has 2 heterocycles. The zero-order valence-corrected chi connectivity index (χ0v) is 7.13. The smallest absolute Gasteiger partial charge is 0.121 e. The summed E-state index contributed by atoms with van der Waals surface area (Å²) < 4.78 is 0. The first-order valence-corrected chi connectivity index (χ1v) is 3.87. The van der Waals surface area contributed by atoms with Crippen molar-refractivity contribution in [2.24, 2.45) is 0 Å². The monoisotopic (exact) mass is 172 g/mol. The van der Waals surface area contributed by atoms with E-state index in [9.17, 15) is 0 Å². The Kier molecular flexibility index (Phi) is 1.46. The van der Waals surface area contributed by atoms with Gasteiger partial charge in [0, 0.05) is 5.69 Å². The molecule has 2 rings (SSSR count). The molecule has 2 aromatic rings. The number of hydrogen-bond donors (Lipinski definition) is 2. The predicted octanol–water partition coefficient (Wildman–Crippen LogP) is 1.33. The number of nitrogens with two attached hydrogens (primary N) is 1. The van der Waals surface area contributed by atoms with Gasteiger partial charge in [-0.05, 0) is 19.1 Å². The number of rotatable bonds is 0. The molecule has 0 radical (unpaired) electrons. The summed E-state index contributed by atoms with van der Waals surface area (Å²) in [6.45, 7) is 1.88. The van der Waals surface area contributed by atoms with Gasteiger partial charge in [0.05, 0.1) is 5.52 Å². The molecule has 3 N–H and O–H groups in total. The lowest BCUT2D eigenvalue weighted by atomic mass is 10.2. The summed E-state index contributed by atoms with van der Waals surface area (Å²) >= 11 is 0. The van der Waals surface area contributed by atoms with Crippen molar-refractivity contribution in [2.75, 3.05) is 5.73 Å². The highest BCUT2D eigenvalue weighted by atomic mass is 14.9. The molecule has 2 aromatic heterocycles. The van der Waals surface area contributed by atoms with Gasteiger partial charge in [-0.3, -0.25) is 4.98 Å². The topological polar surface area (TPSA) is 78.5 Å². The van der Waals surface area contributed by atoms with Crippen molar-refractivity contribution in [3.8, 4) is 6.07 Å². The maximum Gasteiger partial charge on any atom is 0.121 e. The number of aromatic amines is 1. The van der Waals surface area contributed by atoms with Gasteiger partial charge >= 0.3 is 0 Å². The molecular weight excluding hydrogens is 164 g/mol. The molecule has 0 fully saturated rings. The van der Waals surface area contributed by atoms with Crippen molar-refractivity contribution in [1.82, 2.24) is 9.97 Å². The van der Waals surface area contributed by atoms with Crippen molar-refractivity contribution in [3.05, 3.63) is 23.4 Å². The molecule has 0 spiro atoms. The molecule has 0 aliphatic carbocycles. The van der Waals surface area contributed by atoms with E-state index in [4.69, 9.17) is 11.0 Å². The fourth-order valence-corrected chi connectivity index (χ4v) is 1.30. The number of aromatic nitrogens is 2. The number of H-pyrrole nitrogens is 1. The van der Waals surface area contributed by atoms with Gasteiger partial charge in [0.2, 0.25) is 0 Å². The number of fused-ring (bicyclic) bond motifs is 1. The van der Waals surface area contributed by atoms with Crippen molar-refractivity contribution < 1.29 is 0 Å². The molecule has 64 valence electrons. The van der Waals surface area contributed by atoms with Crippen molar-refractivity contribution >= 4 is 16.9 Å². The van der Waals surface area contributed by atoms with E-state index < -0.39 is 0 Å². The lowest BCUT2D eigenvalue weighted by molar-refractivity contribution is 1.25. The second-order valence-electron chi connectivity index (χ2n) is 2.87. The number of nitrogens with zero attached hydrogens (tertiary/aromatic N) is 2. The SMILES string of the molecule is Cc1ccc2[nH]c(N)c(C#N)c2n1. The Bertz CT molecular complexity index is 504. The molecule has 0 unspecified atom stereocenters. The summed E-state index contributed by atoms with van der Waals surface area (Å²) in [5.74, 6) is 0.385. The molecule has 0 atom stereocenters. The third-order valence-corrected chi connectivity index (χ3v) is 1.92. The van der Waals surface area contributed by atoms with Crippen LogP contribution in [-0.2, 0) is 0 Å². The van der Waals surface area contributed by atoms with E-state index >= 15 is 0 Å². The van der Waals surface area contributed by atoms with Crippen LogP contribution in [0.1, 0.15) is 11.3 Å². The number of aryl methyl sites for hydroxylation is 1. The van der Waals surface area contributed by atoms with Crippen LogP contribution < -0.4 is 5.73 Å². The molecule has 4 nitrogen and oxygen atoms in total. The summed E-state index contributed by atoms with van der Waals surface area (Å²) in [4.78, 5) is 7.13. The molecule has 0 saturated carbocycles. The number of pyridine rings is 1. The number of nitriles is 1. The molecule has 0 saturated heterocycles. The van der Waals surface area contributed by atoms with Crippen LogP contribution in [0, 0.1) is 18.3 Å². The van der Waals surface area contributed by atoms with Crippen LogP contribution in [0.15, 0.2) is 12.1 Å². The first-order valence-electron chi connectivity index (χ1n) is 3.87. The Balaban J connectivity index is 2.91. The summed E-state index contributed by atoms with van der Waals surface area (Å²) in [6, 6.07) is 5.77. The summed E-state index contributed by atoms with van der Waals surface area (Å²) in [6.07, 6.45) is 0. The molecule has 4 heteroatoms. The molecule has 0 bridgehead atoms. The zero-order valence-electron chi connectivity index (χ0n) is 7.13. The molecule has 0 aliphatic rings. The van der Waals surface area contributed by atoms with Gasteiger partial charge in [-0.2, -0.15) is 5.26 Å². The van der Waals surface area contributed by atoms with E-state index in [1.807, 2.05) is 25.1 Å². The molecule has 0 amide bonds. The van der Waals surface area contributed by atoms with Crippen LogP contribution in [0.4, 0.5) is 5.82 Å². The van der Waals surface area contributed by atoms with E-state index in [2.05, 4.69) is 9.97 Å². The van der Waals surface area contributed by atoms with Gasteiger partial charge in [0.25, 0.3) is 0 Å². The van der Waals surface area contributed by atoms with Gasteiger partial charge in [0.1, 0.15) is 23.0 Å². The average molecular weight is 172 g/mol. The summed E-state index contributed by atoms with van der Waals surface area (Å²) in [5.41, 5.74) is 8.36. The van der Waals surface area contributed by atoms with Gasteiger partial charge in [-0.1, -0.05) is 0 Å². The number of nitrogens with one attached hydrogen (secondary N) is 1. The highest BCUT2D eigenvalue weighted by Crippen LogP contribution is 2.21. The summed E-state index contributed by atoms with van der Waals surface area (Å²) in [5, 5.41) is 8.81. The minimum absolute atomic E-state index is 0.385. The second-order valence-corrected chi connectivity index (χ2v) is 2.87. The zero-order chi connectivity index (χ0) is 9.42. The first-order chi connectivity index (χ1) is 6.22. The third kappa shape index (κ3) is 1.02. The Labute approximate surface area is 75.0 Å². The standard InChI is InChI=1S/C9H8N4/c1-5-2-3-7-8(12-5)6(4-10)9(11)13-7/h2-3,13H,11H2,1H3. The minimum Gasteiger partial charge on any atom is -0.384 e. The Morgan fingerprint density at radius 1 is 1.54 bits per heavy atom. The molecule has 0 aromatic carbocycles. The maximum atomic E-state index is 8.81. The van der Waals surface area contributed by atoms with E-state index in [1.54, 1.807) is 0 Å². The average Bonchev–Trinajstić information content (AvgIpc) is 2.40. The highest BCUT2D eigenvalue weighted by molar-refractivity contribution is 5.87. The number of anilines is 1. The van der Waals surface area contributed by atoms with Gasteiger partial charge in [0.15, 0.2) is 0 Å². The largest absolute Gasteiger partial charge is 0.384 e. The van der Waals surface area contributed by atoms with Gasteiger partial charge in [-0.15, -0.1) is 0 Å². The lowest BCUT2D eigenvalue weighted by Gasteiger charge is -1.91. The number of hydrogen-bond acceptors (Lipinski definition) is 3. The molecule has 13 heavy (non-hydrogen) atoms. The number of nitrogen functional groups attached to an aromatic ring is 1. The van der Waals surface area contributed by atoms with Crippen molar-refractivity contribution in [1.29, 1.82) is 5.26 Å². The quantitative estimate of drug-likeness (QED) is 0.629. The van der Waals surface area contributed by atoms with Crippen LogP contribution in [-0.4, -0.2) is 9.97 Å². The van der Waals surface area contributed by atoms with Crippen molar-refractivity contribution in [2.45, 2.75) is 6.92 Å². The Morgan fingerprint density at radius 2 is 2.31 bits per heavy atom. The molecular formula is C9H8N4.